The third kappa shape index (κ3) is 2.47. The number of nitrogens with zero attached hydrogens (tertiary/aromatic N) is 1. The van der Waals surface area contributed by atoms with E-state index in [1.165, 1.54) is 18.3 Å². The van der Waals surface area contributed by atoms with Gasteiger partial charge < -0.3 is 10.1 Å². The van der Waals surface area contributed by atoms with Gasteiger partial charge in [-0.2, -0.15) is 13.2 Å². The summed E-state index contributed by atoms with van der Waals surface area (Å²) in [6.45, 7) is -0.230. The van der Waals surface area contributed by atoms with E-state index in [0.717, 1.165) is 12.1 Å². The molecule has 0 radical (unpaired) electrons. The van der Waals surface area contributed by atoms with Gasteiger partial charge in [0.05, 0.1) is 24.1 Å². The first-order valence-electron chi connectivity index (χ1n) is 4.83. The highest BCUT2D eigenvalue weighted by molar-refractivity contribution is 5.56. The van der Waals surface area contributed by atoms with Gasteiger partial charge in [-0.05, 0) is 12.1 Å². The summed E-state index contributed by atoms with van der Waals surface area (Å²) in [6, 6.07) is 4.86. The first kappa shape index (κ1) is 11.7. The van der Waals surface area contributed by atoms with E-state index in [0.29, 0.717) is 17.1 Å². The molecule has 1 aromatic heterocycles. The predicted molar refractivity (Wildman–Crippen MR) is 54.9 cm³/mol. The van der Waals surface area contributed by atoms with E-state index >= 15 is 0 Å². The molecule has 0 atom stereocenters. The third-order valence-corrected chi connectivity index (χ3v) is 2.26. The zero-order valence-corrected chi connectivity index (χ0v) is 8.62. The number of benzene rings is 1. The van der Waals surface area contributed by atoms with Crippen LogP contribution in [0.4, 0.5) is 13.2 Å². The first-order valence-corrected chi connectivity index (χ1v) is 4.83. The number of hydrogen-bond acceptors (Lipinski definition) is 2. The summed E-state index contributed by atoms with van der Waals surface area (Å²) in [6.07, 6.45) is -2.99. The number of H-pyrrole nitrogens is 1. The van der Waals surface area contributed by atoms with E-state index in [4.69, 9.17) is 5.11 Å². The topological polar surface area (TPSA) is 48.9 Å². The Morgan fingerprint density at radius 3 is 2.65 bits per heavy atom. The van der Waals surface area contributed by atoms with Crippen molar-refractivity contribution in [2.45, 2.75) is 12.8 Å². The number of aromatic nitrogens is 2. The molecule has 90 valence electrons. The molecular formula is C11H9F3N2O. The molecular weight excluding hydrogens is 233 g/mol. The molecule has 3 nitrogen and oxygen atoms in total. The normalized spacial score (nSPS) is 11.8. The average molecular weight is 242 g/mol. The van der Waals surface area contributed by atoms with Crippen LogP contribution < -0.4 is 0 Å². The summed E-state index contributed by atoms with van der Waals surface area (Å²) >= 11 is 0. The van der Waals surface area contributed by atoms with Gasteiger partial charge in [0.25, 0.3) is 0 Å². The number of aliphatic hydroxyl groups excluding tert-OH is 1. The molecule has 0 unspecified atom stereocenters. The number of imidazole rings is 1. The van der Waals surface area contributed by atoms with Crippen molar-refractivity contribution in [1.82, 2.24) is 9.97 Å². The van der Waals surface area contributed by atoms with Crippen molar-refractivity contribution in [3.8, 4) is 11.4 Å². The lowest BCUT2D eigenvalue weighted by Gasteiger charge is -2.07. The van der Waals surface area contributed by atoms with Crippen LogP contribution in [0.1, 0.15) is 11.3 Å². The minimum absolute atomic E-state index is 0.230. The molecule has 1 heterocycles. The zero-order chi connectivity index (χ0) is 12.5. The molecule has 6 heteroatoms. The molecule has 0 spiro atoms. The van der Waals surface area contributed by atoms with Gasteiger partial charge in [-0.3, -0.25) is 0 Å². The van der Waals surface area contributed by atoms with Crippen LogP contribution in [0.15, 0.2) is 30.5 Å². The largest absolute Gasteiger partial charge is 0.416 e. The Morgan fingerprint density at radius 2 is 2.06 bits per heavy atom. The molecule has 0 aliphatic heterocycles. The molecule has 2 aromatic rings. The molecule has 2 N–H and O–H groups in total. The summed E-state index contributed by atoms with van der Waals surface area (Å²) in [5, 5.41) is 8.83. The third-order valence-electron chi connectivity index (χ3n) is 2.26. The molecule has 1 aromatic carbocycles. The molecule has 0 aliphatic carbocycles. The minimum Gasteiger partial charge on any atom is -0.390 e. The minimum atomic E-state index is -4.37. The Kier molecular flexibility index (Phi) is 2.89. The molecule has 0 bridgehead atoms. The predicted octanol–water partition coefficient (Wildman–Crippen LogP) is 2.59. The zero-order valence-electron chi connectivity index (χ0n) is 8.62. The number of hydrogen-bond donors (Lipinski definition) is 2. The smallest absolute Gasteiger partial charge is 0.390 e. The van der Waals surface area contributed by atoms with E-state index in [1.807, 2.05) is 0 Å². The molecule has 17 heavy (non-hydrogen) atoms. The second-order valence-corrected chi connectivity index (χ2v) is 3.49. The van der Waals surface area contributed by atoms with Gasteiger partial charge >= 0.3 is 6.18 Å². The van der Waals surface area contributed by atoms with Gasteiger partial charge in [-0.1, -0.05) is 12.1 Å². The summed E-state index contributed by atoms with van der Waals surface area (Å²) in [5.41, 5.74) is 0.0638. The van der Waals surface area contributed by atoms with Crippen LogP contribution in [-0.4, -0.2) is 15.1 Å². The summed E-state index contributed by atoms with van der Waals surface area (Å²) in [7, 11) is 0. The molecule has 0 fully saturated rings. The number of aliphatic hydroxyl groups is 1. The number of nitrogens with one attached hydrogen (secondary N) is 1. The van der Waals surface area contributed by atoms with Crippen molar-refractivity contribution in [3.05, 3.63) is 41.7 Å². The Morgan fingerprint density at radius 1 is 1.29 bits per heavy atom. The van der Waals surface area contributed by atoms with Crippen molar-refractivity contribution >= 4 is 0 Å². The van der Waals surface area contributed by atoms with Crippen molar-refractivity contribution in [1.29, 1.82) is 0 Å². The average Bonchev–Trinajstić information content (AvgIpc) is 2.76. The van der Waals surface area contributed by atoms with Crippen LogP contribution in [-0.2, 0) is 12.8 Å². The molecule has 0 saturated carbocycles. The summed E-state index contributed by atoms with van der Waals surface area (Å²) < 4.78 is 37.5. The van der Waals surface area contributed by atoms with Crippen molar-refractivity contribution in [2.24, 2.45) is 0 Å². The maximum absolute atomic E-state index is 12.5. The number of alkyl halides is 3. The van der Waals surface area contributed by atoms with Gasteiger partial charge in [-0.25, -0.2) is 4.98 Å². The molecule has 0 amide bonds. The summed E-state index contributed by atoms with van der Waals surface area (Å²) in [5.74, 6) is 0.306. The fourth-order valence-corrected chi connectivity index (χ4v) is 1.43. The number of halogens is 3. The van der Waals surface area contributed by atoms with Gasteiger partial charge in [0.2, 0.25) is 0 Å². The van der Waals surface area contributed by atoms with Crippen LogP contribution in [0.3, 0.4) is 0 Å². The standard InChI is InChI=1S/C11H9F3N2O/c12-11(13,14)8-3-1-2-7(4-8)10-15-5-9(6-17)16-10/h1-5,17H,6H2,(H,15,16). The van der Waals surface area contributed by atoms with Gasteiger partial charge in [0.15, 0.2) is 0 Å². The lowest BCUT2D eigenvalue weighted by molar-refractivity contribution is -0.137. The van der Waals surface area contributed by atoms with Crippen LogP contribution in [0, 0.1) is 0 Å². The van der Waals surface area contributed by atoms with Crippen LogP contribution in [0.25, 0.3) is 11.4 Å². The van der Waals surface area contributed by atoms with E-state index < -0.39 is 11.7 Å². The van der Waals surface area contributed by atoms with Gasteiger partial charge in [0.1, 0.15) is 5.82 Å². The Balaban J connectivity index is 2.39. The lowest BCUT2D eigenvalue weighted by Crippen LogP contribution is -2.04. The number of aromatic amines is 1. The highest BCUT2D eigenvalue weighted by atomic mass is 19.4. The highest BCUT2D eigenvalue weighted by Gasteiger charge is 2.30. The second kappa shape index (κ2) is 4.21. The van der Waals surface area contributed by atoms with E-state index in [1.54, 1.807) is 0 Å². The number of rotatable bonds is 2. The maximum Gasteiger partial charge on any atom is 0.416 e. The Hall–Kier alpha value is -1.82. The van der Waals surface area contributed by atoms with E-state index in [9.17, 15) is 13.2 Å². The second-order valence-electron chi connectivity index (χ2n) is 3.49. The summed E-state index contributed by atoms with van der Waals surface area (Å²) in [4.78, 5) is 6.63. The molecule has 0 aliphatic rings. The van der Waals surface area contributed by atoms with Crippen molar-refractivity contribution in [2.75, 3.05) is 0 Å². The van der Waals surface area contributed by atoms with Gasteiger partial charge in [0, 0.05) is 5.56 Å². The van der Waals surface area contributed by atoms with Crippen LogP contribution in [0.2, 0.25) is 0 Å². The van der Waals surface area contributed by atoms with Crippen molar-refractivity contribution < 1.29 is 18.3 Å². The van der Waals surface area contributed by atoms with Crippen molar-refractivity contribution in [3.63, 3.8) is 0 Å². The fraction of sp³-hybridized carbons (Fsp3) is 0.182. The van der Waals surface area contributed by atoms with Crippen LogP contribution in [0.5, 0.6) is 0 Å². The lowest BCUT2D eigenvalue weighted by atomic mass is 10.1. The quantitative estimate of drug-likeness (QED) is 0.850. The fourth-order valence-electron chi connectivity index (χ4n) is 1.43. The Labute approximate surface area is 94.9 Å². The maximum atomic E-state index is 12.5. The molecule has 0 saturated heterocycles. The van der Waals surface area contributed by atoms with Crippen LogP contribution >= 0.6 is 0 Å². The molecule has 2 rings (SSSR count). The van der Waals surface area contributed by atoms with E-state index in [2.05, 4.69) is 9.97 Å². The van der Waals surface area contributed by atoms with E-state index in [-0.39, 0.29) is 6.61 Å². The Bertz CT molecular complexity index is 519. The first-order chi connectivity index (χ1) is 8.00. The monoisotopic (exact) mass is 242 g/mol. The van der Waals surface area contributed by atoms with Gasteiger partial charge in [-0.15, -0.1) is 0 Å². The highest BCUT2D eigenvalue weighted by Crippen LogP contribution is 2.31. The SMILES string of the molecule is OCc1cnc(-c2cccc(C(F)(F)F)c2)[nH]1.